The lowest BCUT2D eigenvalue weighted by molar-refractivity contribution is 0.0993. The number of carbonyl (C=O) groups excluding carboxylic acids is 1. The topological polar surface area (TPSA) is 29.1 Å². The van der Waals surface area contributed by atoms with Gasteiger partial charge in [-0.2, -0.15) is 0 Å². The minimum Gasteiger partial charge on any atom is -0.309 e. The number of allylic oxidation sites excluding steroid dienone is 1. The lowest BCUT2D eigenvalue weighted by atomic mass is 10.0. The first-order valence-electron chi connectivity index (χ1n) is 5.17. The molecular weight excluding hydrogens is 186 g/mol. The van der Waals surface area contributed by atoms with Gasteiger partial charge in [-0.15, -0.1) is 0 Å². The molecule has 2 nitrogen and oxygen atoms in total. The molecule has 0 aromatic heterocycles. The van der Waals surface area contributed by atoms with E-state index in [1.54, 1.807) is 0 Å². The second-order valence-corrected chi connectivity index (χ2v) is 4.14. The summed E-state index contributed by atoms with van der Waals surface area (Å²) in [5.41, 5.74) is 4.28. The second-order valence-electron chi connectivity index (χ2n) is 4.14. The van der Waals surface area contributed by atoms with Crippen LogP contribution in [0.2, 0.25) is 0 Å². The molecule has 0 spiro atoms. The molecule has 1 aromatic carbocycles. The van der Waals surface area contributed by atoms with Gasteiger partial charge in [0.05, 0.1) is 0 Å². The Bertz CT molecular complexity index is 421. The summed E-state index contributed by atoms with van der Waals surface area (Å²) in [4.78, 5) is 11.8. The molecule has 1 aliphatic heterocycles. The van der Waals surface area contributed by atoms with E-state index in [0.29, 0.717) is 6.42 Å². The molecule has 0 radical (unpaired) electrons. The molecule has 1 aliphatic rings. The lowest BCUT2D eigenvalue weighted by Gasteiger charge is -2.03. The first-order valence-corrected chi connectivity index (χ1v) is 5.17. The molecular formula is C13H15NO. The standard InChI is InChI=1S/C13H15NO/c1-9(2)5-13(15)10-3-4-11-7-14-8-12(11)6-10/h3-4,6,14H,1,5,7-8H2,2H3. The third-order valence-electron chi connectivity index (χ3n) is 2.62. The highest BCUT2D eigenvalue weighted by Crippen LogP contribution is 2.18. The van der Waals surface area contributed by atoms with E-state index in [-0.39, 0.29) is 5.78 Å². The van der Waals surface area contributed by atoms with Crippen LogP contribution < -0.4 is 5.32 Å². The van der Waals surface area contributed by atoms with Gasteiger partial charge in [-0.1, -0.05) is 24.3 Å². The Balaban J connectivity index is 2.23. The Morgan fingerprint density at radius 3 is 2.87 bits per heavy atom. The van der Waals surface area contributed by atoms with Crippen LogP contribution in [0.1, 0.15) is 34.8 Å². The van der Waals surface area contributed by atoms with E-state index < -0.39 is 0 Å². The summed E-state index contributed by atoms with van der Waals surface area (Å²) in [7, 11) is 0. The molecule has 0 amide bonds. The minimum absolute atomic E-state index is 0.164. The fraction of sp³-hybridized carbons (Fsp3) is 0.308. The Kier molecular flexibility index (Phi) is 2.69. The van der Waals surface area contributed by atoms with Crippen LogP contribution >= 0.6 is 0 Å². The number of hydrogen-bond acceptors (Lipinski definition) is 2. The number of rotatable bonds is 3. The van der Waals surface area contributed by atoms with Gasteiger partial charge in [0.1, 0.15) is 0 Å². The number of hydrogen-bond donors (Lipinski definition) is 1. The van der Waals surface area contributed by atoms with Gasteiger partial charge in [0.2, 0.25) is 0 Å². The number of nitrogens with one attached hydrogen (secondary N) is 1. The lowest BCUT2D eigenvalue weighted by Crippen LogP contribution is -2.01. The van der Waals surface area contributed by atoms with Crippen molar-refractivity contribution < 1.29 is 4.79 Å². The first-order chi connectivity index (χ1) is 7.16. The zero-order valence-corrected chi connectivity index (χ0v) is 8.97. The van der Waals surface area contributed by atoms with Gasteiger partial charge in [0, 0.05) is 25.1 Å². The van der Waals surface area contributed by atoms with Gasteiger partial charge in [-0.05, 0) is 24.1 Å². The van der Waals surface area contributed by atoms with Crippen LogP contribution in [0.15, 0.2) is 30.4 Å². The van der Waals surface area contributed by atoms with Crippen LogP contribution in [0.5, 0.6) is 0 Å². The number of ketones is 1. The molecule has 0 unspecified atom stereocenters. The zero-order chi connectivity index (χ0) is 10.8. The predicted molar refractivity (Wildman–Crippen MR) is 60.7 cm³/mol. The second kappa shape index (κ2) is 3.99. The fourth-order valence-corrected chi connectivity index (χ4v) is 1.84. The smallest absolute Gasteiger partial charge is 0.166 e. The monoisotopic (exact) mass is 201 g/mol. The quantitative estimate of drug-likeness (QED) is 0.601. The molecule has 78 valence electrons. The van der Waals surface area contributed by atoms with Crippen LogP contribution in [0, 0.1) is 0 Å². The van der Waals surface area contributed by atoms with Crippen molar-refractivity contribution in [1.29, 1.82) is 0 Å². The average molecular weight is 201 g/mol. The Labute approximate surface area is 90.0 Å². The van der Waals surface area contributed by atoms with Crippen molar-refractivity contribution in [1.82, 2.24) is 5.32 Å². The fourth-order valence-electron chi connectivity index (χ4n) is 1.84. The highest BCUT2D eigenvalue weighted by atomic mass is 16.1. The van der Waals surface area contributed by atoms with Crippen LogP contribution in [0.4, 0.5) is 0 Å². The van der Waals surface area contributed by atoms with Gasteiger partial charge < -0.3 is 5.32 Å². The molecule has 0 bridgehead atoms. The summed E-state index contributed by atoms with van der Waals surface area (Å²) in [6.45, 7) is 7.44. The van der Waals surface area contributed by atoms with E-state index in [1.165, 1.54) is 11.1 Å². The molecule has 1 N–H and O–H groups in total. The molecule has 0 fully saturated rings. The summed E-state index contributed by atoms with van der Waals surface area (Å²) < 4.78 is 0. The molecule has 2 heteroatoms. The van der Waals surface area contributed by atoms with Crippen LogP contribution in [0.25, 0.3) is 0 Å². The maximum Gasteiger partial charge on any atom is 0.166 e. The normalized spacial score (nSPS) is 13.7. The summed E-state index contributed by atoms with van der Waals surface area (Å²) in [5.74, 6) is 0.164. The number of Topliss-reactive ketones (excluding diaryl/α,β-unsaturated/α-hetero) is 1. The predicted octanol–water partition coefficient (Wildman–Crippen LogP) is 2.44. The molecule has 2 rings (SSSR count). The highest BCUT2D eigenvalue weighted by molar-refractivity contribution is 5.97. The van der Waals surface area contributed by atoms with E-state index in [2.05, 4.69) is 11.9 Å². The summed E-state index contributed by atoms with van der Waals surface area (Å²) in [6.07, 6.45) is 0.451. The third-order valence-corrected chi connectivity index (χ3v) is 2.62. The van der Waals surface area contributed by atoms with Crippen LogP contribution in [-0.2, 0) is 13.1 Å². The number of fused-ring (bicyclic) bond motifs is 1. The van der Waals surface area contributed by atoms with Crippen molar-refractivity contribution >= 4 is 5.78 Å². The van der Waals surface area contributed by atoms with Gasteiger partial charge in [-0.25, -0.2) is 0 Å². The van der Waals surface area contributed by atoms with Crippen molar-refractivity contribution in [2.24, 2.45) is 0 Å². The van der Waals surface area contributed by atoms with E-state index in [0.717, 1.165) is 24.2 Å². The summed E-state index contributed by atoms with van der Waals surface area (Å²) in [5, 5.41) is 3.27. The Morgan fingerprint density at radius 1 is 1.40 bits per heavy atom. The molecule has 0 aliphatic carbocycles. The Morgan fingerprint density at radius 2 is 2.13 bits per heavy atom. The van der Waals surface area contributed by atoms with Crippen molar-refractivity contribution in [2.75, 3.05) is 0 Å². The van der Waals surface area contributed by atoms with Gasteiger partial charge in [0.25, 0.3) is 0 Å². The summed E-state index contributed by atoms with van der Waals surface area (Å²) in [6, 6.07) is 5.96. The molecule has 1 heterocycles. The van der Waals surface area contributed by atoms with Crippen molar-refractivity contribution in [2.45, 2.75) is 26.4 Å². The molecule has 15 heavy (non-hydrogen) atoms. The van der Waals surface area contributed by atoms with E-state index in [4.69, 9.17) is 0 Å². The maximum absolute atomic E-state index is 11.8. The van der Waals surface area contributed by atoms with E-state index in [9.17, 15) is 4.79 Å². The van der Waals surface area contributed by atoms with Crippen molar-refractivity contribution in [3.05, 3.63) is 47.0 Å². The number of carbonyl (C=O) groups is 1. The van der Waals surface area contributed by atoms with Crippen LogP contribution in [0.3, 0.4) is 0 Å². The molecule has 0 saturated heterocycles. The minimum atomic E-state index is 0.164. The average Bonchev–Trinajstić information content (AvgIpc) is 2.62. The highest BCUT2D eigenvalue weighted by Gasteiger charge is 2.13. The third kappa shape index (κ3) is 2.16. The zero-order valence-electron chi connectivity index (χ0n) is 8.97. The maximum atomic E-state index is 11.8. The largest absolute Gasteiger partial charge is 0.309 e. The van der Waals surface area contributed by atoms with E-state index >= 15 is 0 Å². The molecule has 1 aromatic rings. The summed E-state index contributed by atoms with van der Waals surface area (Å²) >= 11 is 0. The molecule has 0 saturated carbocycles. The molecule has 0 atom stereocenters. The number of benzene rings is 1. The van der Waals surface area contributed by atoms with Crippen LogP contribution in [-0.4, -0.2) is 5.78 Å². The Hall–Kier alpha value is -1.41. The van der Waals surface area contributed by atoms with Gasteiger partial charge in [0.15, 0.2) is 5.78 Å². The van der Waals surface area contributed by atoms with Gasteiger partial charge in [-0.3, -0.25) is 4.79 Å². The SMILES string of the molecule is C=C(C)CC(=O)c1ccc2c(c1)CNC2. The van der Waals surface area contributed by atoms with Crippen molar-refractivity contribution in [3.63, 3.8) is 0 Å². The first kappa shape index (κ1) is 10.1. The van der Waals surface area contributed by atoms with Crippen molar-refractivity contribution in [3.8, 4) is 0 Å². The van der Waals surface area contributed by atoms with Gasteiger partial charge >= 0.3 is 0 Å². The van der Waals surface area contributed by atoms with E-state index in [1.807, 2.05) is 25.1 Å².